The molecule has 0 aromatic rings. The van der Waals surface area contributed by atoms with Crippen LogP contribution in [0.3, 0.4) is 0 Å². The fourth-order valence-corrected chi connectivity index (χ4v) is 0.908. The van der Waals surface area contributed by atoms with Crippen LogP contribution in [0, 0.1) is 0 Å². The van der Waals surface area contributed by atoms with Crippen molar-refractivity contribution >= 4 is 11.9 Å². The number of hydrogen-bond acceptors (Lipinski definition) is 4. The number of hydrogen-bond donors (Lipinski definition) is 0. The molecule has 0 aromatic carbocycles. The van der Waals surface area contributed by atoms with E-state index >= 15 is 0 Å². The third-order valence-corrected chi connectivity index (χ3v) is 1.68. The summed E-state index contributed by atoms with van der Waals surface area (Å²) in [5.74, 6) is -0.902. The van der Waals surface area contributed by atoms with E-state index in [2.05, 4.69) is 0 Å². The van der Waals surface area contributed by atoms with Crippen LogP contribution >= 0.6 is 0 Å². The van der Waals surface area contributed by atoms with E-state index in [1.807, 2.05) is 6.92 Å². The minimum absolute atomic E-state index is 0.396. The molecule has 0 unspecified atom stereocenters. The van der Waals surface area contributed by atoms with Crippen LogP contribution in [-0.4, -0.2) is 24.6 Å². The van der Waals surface area contributed by atoms with Crippen LogP contribution in [0.1, 0.15) is 40.0 Å². The van der Waals surface area contributed by atoms with Crippen molar-refractivity contribution in [2.75, 3.05) is 6.61 Å². The maximum Gasteiger partial charge on any atom is 0.347 e. The molecule has 82 valence electrons. The van der Waals surface area contributed by atoms with Crippen LogP contribution in [0.25, 0.3) is 0 Å². The van der Waals surface area contributed by atoms with Crippen LogP contribution in [0.15, 0.2) is 0 Å². The number of unbranched alkanes of at least 4 members (excludes halogenated alkanes) is 1. The number of carbonyl (C=O) groups excluding carboxylic acids is 2. The van der Waals surface area contributed by atoms with E-state index in [0.29, 0.717) is 13.0 Å². The van der Waals surface area contributed by atoms with Crippen molar-refractivity contribution in [2.24, 2.45) is 0 Å². The van der Waals surface area contributed by atoms with Gasteiger partial charge in [-0.05, 0) is 12.8 Å². The number of esters is 2. The van der Waals surface area contributed by atoms with Crippen LogP contribution < -0.4 is 0 Å². The minimum atomic E-state index is -0.746. The fourth-order valence-electron chi connectivity index (χ4n) is 0.908. The van der Waals surface area contributed by atoms with E-state index < -0.39 is 18.0 Å². The average molecular weight is 202 g/mol. The van der Waals surface area contributed by atoms with Gasteiger partial charge in [-0.2, -0.15) is 0 Å². The fraction of sp³-hybridized carbons (Fsp3) is 0.800. The van der Waals surface area contributed by atoms with Gasteiger partial charge in [0.25, 0.3) is 0 Å². The Morgan fingerprint density at radius 1 is 1.29 bits per heavy atom. The lowest BCUT2D eigenvalue weighted by molar-refractivity contribution is -0.166. The predicted molar refractivity (Wildman–Crippen MR) is 51.7 cm³/mol. The van der Waals surface area contributed by atoms with Gasteiger partial charge in [-0.15, -0.1) is 0 Å². The summed E-state index contributed by atoms with van der Waals surface area (Å²) in [6, 6.07) is 0. The van der Waals surface area contributed by atoms with E-state index in [0.717, 1.165) is 12.8 Å². The van der Waals surface area contributed by atoms with Crippen molar-refractivity contribution in [3.05, 3.63) is 0 Å². The molecule has 1 atom stereocenters. The molecule has 0 heterocycles. The first-order chi connectivity index (χ1) is 6.61. The van der Waals surface area contributed by atoms with Crippen LogP contribution in [-0.2, 0) is 19.1 Å². The van der Waals surface area contributed by atoms with Gasteiger partial charge < -0.3 is 9.47 Å². The summed E-state index contributed by atoms with van der Waals surface area (Å²) in [6.07, 6.45) is 1.51. The highest BCUT2D eigenvalue weighted by Gasteiger charge is 2.20. The molecule has 0 bridgehead atoms. The van der Waals surface area contributed by atoms with Crippen LogP contribution in [0.4, 0.5) is 0 Å². The van der Waals surface area contributed by atoms with Gasteiger partial charge in [-0.3, -0.25) is 4.79 Å². The molecular formula is C10H18O4. The Kier molecular flexibility index (Phi) is 6.80. The monoisotopic (exact) mass is 202 g/mol. The SMILES string of the molecule is CCCCOC(=O)[C@H](CC)OC(C)=O. The summed E-state index contributed by atoms with van der Waals surface area (Å²) in [5.41, 5.74) is 0. The Bertz CT molecular complexity index is 189. The number of rotatable bonds is 6. The molecule has 14 heavy (non-hydrogen) atoms. The van der Waals surface area contributed by atoms with Crippen molar-refractivity contribution in [1.82, 2.24) is 0 Å². The lowest BCUT2D eigenvalue weighted by atomic mass is 10.3. The van der Waals surface area contributed by atoms with Crippen molar-refractivity contribution in [3.63, 3.8) is 0 Å². The van der Waals surface area contributed by atoms with Gasteiger partial charge >= 0.3 is 11.9 Å². The number of ether oxygens (including phenoxy) is 2. The van der Waals surface area contributed by atoms with Gasteiger partial charge in [0.1, 0.15) is 0 Å². The van der Waals surface area contributed by atoms with E-state index in [1.54, 1.807) is 6.92 Å². The Labute approximate surface area is 84.6 Å². The Morgan fingerprint density at radius 2 is 1.93 bits per heavy atom. The van der Waals surface area contributed by atoms with Crippen LogP contribution in [0.2, 0.25) is 0 Å². The predicted octanol–water partition coefficient (Wildman–Crippen LogP) is 1.67. The Morgan fingerprint density at radius 3 is 2.36 bits per heavy atom. The molecule has 0 N–H and O–H groups in total. The molecule has 0 spiro atoms. The lowest BCUT2D eigenvalue weighted by Crippen LogP contribution is -2.27. The first-order valence-corrected chi connectivity index (χ1v) is 4.95. The van der Waals surface area contributed by atoms with Gasteiger partial charge in [-0.1, -0.05) is 20.3 Å². The molecule has 4 heteroatoms. The zero-order valence-corrected chi connectivity index (χ0v) is 9.04. The quantitative estimate of drug-likeness (QED) is 0.485. The van der Waals surface area contributed by atoms with Gasteiger partial charge in [0.15, 0.2) is 6.10 Å². The maximum atomic E-state index is 11.3. The van der Waals surface area contributed by atoms with E-state index in [-0.39, 0.29) is 0 Å². The second-order valence-corrected chi connectivity index (χ2v) is 3.03. The molecule has 0 rings (SSSR count). The number of carbonyl (C=O) groups is 2. The van der Waals surface area contributed by atoms with Crippen molar-refractivity contribution in [2.45, 2.75) is 46.1 Å². The molecule has 0 aliphatic heterocycles. The molecular weight excluding hydrogens is 184 g/mol. The van der Waals surface area contributed by atoms with E-state index in [1.165, 1.54) is 6.92 Å². The van der Waals surface area contributed by atoms with Crippen molar-refractivity contribution < 1.29 is 19.1 Å². The molecule has 0 aliphatic rings. The van der Waals surface area contributed by atoms with Crippen LogP contribution in [0.5, 0.6) is 0 Å². The summed E-state index contributed by atoms with van der Waals surface area (Å²) in [5, 5.41) is 0. The summed E-state index contributed by atoms with van der Waals surface area (Å²) in [6.45, 7) is 5.46. The molecule has 0 saturated heterocycles. The first kappa shape index (κ1) is 12.9. The summed E-state index contributed by atoms with van der Waals surface area (Å²) >= 11 is 0. The highest BCUT2D eigenvalue weighted by atomic mass is 16.6. The normalized spacial score (nSPS) is 11.9. The minimum Gasteiger partial charge on any atom is -0.463 e. The lowest BCUT2D eigenvalue weighted by Gasteiger charge is -2.13. The average Bonchev–Trinajstić information content (AvgIpc) is 2.14. The Balaban J connectivity index is 3.85. The van der Waals surface area contributed by atoms with Gasteiger partial charge in [0, 0.05) is 6.92 Å². The van der Waals surface area contributed by atoms with E-state index in [4.69, 9.17) is 9.47 Å². The van der Waals surface area contributed by atoms with Gasteiger partial charge in [-0.25, -0.2) is 4.79 Å². The third-order valence-electron chi connectivity index (χ3n) is 1.68. The Hall–Kier alpha value is -1.06. The highest BCUT2D eigenvalue weighted by Crippen LogP contribution is 2.02. The molecule has 0 amide bonds. The molecule has 0 fully saturated rings. The second-order valence-electron chi connectivity index (χ2n) is 3.03. The van der Waals surface area contributed by atoms with Gasteiger partial charge in [0.2, 0.25) is 0 Å². The zero-order valence-electron chi connectivity index (χ0n) is 9.04. The topological polar surface area (TPSA) is 52.6 Å². The molecule has 0 aliphatic carbocycles. The first-order valence-electron chi connectivity index (χ1n) is 4.95. The second kappa shape index (κ2) is 7.35. The summed E-state index contributed by atoms with van der Waals surface area (Å²) < 4.78 is 9.70. The van der Waals surface area contributed by atoms with Gasteiger partial charge in [0.05, 0.1) is 6.61 Å². The molecule has 0 aromatic heterocycles. The van der Waals surface area contributed by atoms with Crippen molar-refractivity contribution in [3.8, 4) is 0 Å². The summed E-state index contributed by atoms with van der Waals surface area (Å²) in [7, 11) is 0. The molecule has 0 radical (unpaired) electrons. The summed E-state index contributed by atoms with van der Waals surface area (Å²) in [4.78, 5) is 21.9. The largest absolute Gasteiger partial charge is 0.463 e. The van der Waals surface area contributed by atoms with E-state index in [9.17, 15) is 9.59 Å². The van der Waals surface area contributed by atoms with Crippen molar-refractivity contribution in [1.29, 1.82) is 0 Å². The molecule has 4 nitrogen and oxygen atoms in total. The molecule has 0 saturated carbocycles. The third kappa shape index (κ3) is 5.56. The standard InChI is InChI=1S/C10H18O4/c1-4-6-7-13-10(12)9(5-2)14-8(3)11/h9H,4-7H2,1-3H3/t9-/m0/s1. The maximum absolute atomic E-state index is 11.3. The smallest absolute Gasteiger partial charge is 0.347 e. The highest BCUT2D eigenvalue weighted by molar-refractivity contribution is 5.78. The zero-order chi connectivity index (χ0) is 11.0.